The van der Waals surface area contributed by atoms with Gasteiger partial charge in [-0.2, -0.15) is 0 Å². The molecule has 2 heterocycles. The molecule has 0 aromatic heterocycles. The van der Waals surface area contributed by atoms with Crippen molar-refractivity contribution in [1.82, 2.24) is 15.5 Å². The van der Waals surface area contributed by atoms with Crippen LogP contribution in [0.2, 0.25) is 0 Å². The van der Waals surface area contributed by atoms with Crippen molar-refractivity contribution >= 4 is 29.9 Å². The van der Waals surface area contributed by atoms with E-state index in [2.05, 4.69) is 50.9 Å². The van der Waals surface area contributed by atoms with E-state index < -0.39 is 0 Å². The van der Waals surface area contributed by atoms with Crippen molar-refractivity contribution < 1.29 is 9.47 Å². The topological polar surface area (TPSA) is 58.1 Å². The third-order valence-corrected chi connectivity index (χ3v) is 5.59. The third kappa shape index (κ3) is 8.39. The fraction of sp³-hybridized carbons (Fsp3) is 0.682. The molecule has 7 heteroatoms. The molecule has 0 saturated carbocycles. The third-order valence-electron chi connectivity index (χ3n) is 5.59. The summed E-state index contributed by atoms with van der Waals surface area (Å²) in [5.74, 6) is 0.867. The number of likely N-dealkylation sites (tertiary alicyclic amines) is 1. The molecule has 2 N–H and O–H groups in total. The van der Waals surface area contributed by atoms with Crippen LogP contribution in [-0.4, -0.2) is 70.0 Å². The van der Waals surface area contributed by atoms with Gasteiger partial charge in [0.2, 0.25) is 0 Å². The van der Waals surface area contributed by atoms with Gasteiger partial charge in [0, 0.05) is 40.0 Å². The summed E-state index contributed by atoms with van der Waals surface area (Å²) in [5.41, 5.74) is 1.37. The van der Waals surface area contributed by atoms with Gasteiger partial charge in [-0.15, -0.1) is 24.0 Å². The second kappa shape index (κ2) is 14.2. The largest absolute Gasteiger partial charge is 0.381 e. The second-order valence-corrected chi connectivity index (χ2v) is 7.59. The fourth-order valence-corrected chi connectivity index (χ4v) is 3.97. The molecule has 3 rings (SSSR count). The van der Waals surface area contributed by atoms with E-state index in [-0.39, 0.29) is 24.0 Å². The molecule has 2 aliphatic heterocycles. The first-order valence-corrected chi connectivity index (χ1v) is 10.8. The van der Waals surface area contributed by atoms with Gasteiger partial charge in [0.15, 0.2) is 5.96 Å². The maximum absolute atomic E-state index is 5.93. The Kier molecular flexibility index (Phi) is 11.9. The number of hydrogen-bond acceptors (Lipinski definition) is 4. The highest BCUT2D eigenvalue weighted by atomic mass is 127. The summed E-state index contributed by atoms with van der Waals surface area (Å²) < 4.78 is 11.3. The molecular weight excluding hydrogens is 479 g/mol. The Morgan fingerprint density at radius 2 is 1.90 bits per heavy atom. The number of aliphatic imine (C=N–C) groups is 1. The first-order chi connectivity index (χ1) is 13.9. The molecule has 1 aromatic carbocycles. The van der Waals surface area contributed by atoms with Crippen LogP contribution in [-0.2, 0) is 9.47 Å². The molecular formula is C22H37IN4O2. The van der Waals surface area contributed by atoms with Crippen LogP contribution < -0.4 is 10.6 Å². The highest BCUT2D eigenvalue weighted by Crippen LogP contribution is 2.24. The lowest BCUT2D eigenvalue weighted by atomic mass is 10.1. The molecule has 0 spiro atoms. The number of benzene rings is 1. The van der Waals surface area contributed by atoms with Crippen molar-refractivity contribution in [3.63, 3.8) is 0 Å². The van der Waals surface area contributed by atoms with E-state index in [1.807, 2.05) is 7.05 Å². The highest BCUT2D eigenvalue weighted by Gasteiger charge is 2.23. The first-order valence-electron chi connectivity index (χ1n) is 10.8. The van der Waals surface area contributed by atoms with Gasteiger partial charge in [0.1, 0.15) is 0 Å². The maximum Gasteiger partial charge on any atom is 0.191 e. The van der Waals surface area contributed by atoms with Gasteiger partial charge in [-0.3, -0.25) is 9.89 Å². The van der Waals surface area contributed by atoms with E-state index in [0.717, 1.165) is 58.1 Å². The fourth-order valence-electron chi connectivity index (χ4n) is 3.97. The number of ether oxygens (including phenoxy) is 2. The van der Waals surface area contributed by atoms with Crippen LogP contribution in [0.25, 0.3) is 0 Å². The van der Waals surface area contributed by atoms with Crippen LogP contribution in [0.3, 0.4) is 0 Å². The molecule has 164 valence electrons. The number of hydrogen-bond donors (Lipinski definition) is 2. The van der Waals surface area contributed by atoms with Crippen LogP contribution in [0, 0.1) is 0 Å². The Hall–Kier alpha value is -0.900. The summed E-state index contributed by atoms with van der Waals surface area (Å²) in [6, 6.07) is 11.2. The average Bonchev–Trinajstić information content (AvgIpc) is 3.28. The first kappa shape index (κ1) is 24.4. The predicted octanol–water partition coefficient (Wildman–Crippen LogP) is 3.19. The molecule has 0 amide bonds. The van der Waals surface area contributed by atoms with Crippen molar-refractivity contribution in [3.05, 3.63) is 35.9 Å². The quantitative estimate of drug-likeness (QED) is 0.229. The zero-order chi connectivity index (χ0) is 19.4. The number of nitrogens with zero attached hydrogens (tertiary/aromatic N) is 2. The lowest BCUT2D eigenvalue weighted by Crippen LogP contribution is -2.43. The van der Waals surface area contributed by atoms with E-state index in [9.17, 15) is 0 Å². The van der Waals surface area contributed by atoms with Crippen LogP contribution in [0.4, 0.5) is 0 Å². The molecule has 2 aliphatic rings. The molecule has 2 fully saturated rings. The summed E-state index contributed by atoms with van der Waals surface area (Å²) >= 11 is 0. The Labute approximate surface area is 192 Å². The molecule has 1 unspecified atom stereocenters. The van der Waals surface area contributed by atoms with Crippen molar-refractivity contribution in [2.24, 2.45) is 4.99 Å². The zero-order valence-corrected chi connectivity index (χ0v) is 20.0. The van der Waals surface area contributed by atoms with E-state index in [0.29, 0.717) is 12.1 Å². The smallest absolute Gasteiger partial charge is 0.191 e. The molecule has 0 bridgehead atoms. The zero-order valence-electron chi connectivity index (χ0n) is 17.6. The minimum absolute atomic E-state index is 0. The molecule has 0 aliphatic carbocycles. The SMILES string of the molecule is CN=C(NCCCOC1CCOCC1)NCC(c1ccccc1)N1CCCC1.I. The van der Waals surface area contributed by atoms with Gasteiger partial charge in [0.05, 0.1) is 12.1 Å². The van der Waals surface area contributed by atoms with Gasteiger partial charge in [0.25, 0.3) is 0 Å². The molecule has 6 nitrogen and oxygen atoms in total. The molecule has 1 atom stereocenters. The maximum atomic E-state index is 5.93. The van der Waals surface area contributed by atoms with Crippen molar-refractivity contribution in [2.45, 2.75) is 44.2 Å². The van der Waals surface area contributed by atoms with Gasteiger partial charge < -0.3 is 20.1 Å². The van der Waals surface area contributed by atoms with Gasteiger partial charge in [-0.05, 0) is 50.8 Å². The van der Waals surface area contributed by atoms with Gasteiger partial charge in [-0.1, -0.05) is 30.3 Å². The van der Waals surface area contributed by atoms with E-state index in [1.165, 1.54) is 31.5 Å². The number of guanidine groups is 1. The Morgan fingerprint density at radius 1 is 1.17 bits per heavy atom. The predicted molar refractivity (Wildman–Crippen MR) is 129 cm³/mol. The Bertz CT molecular complexity index is 575. The van der Waals surface area contributed by atoms with Crippen LogP contribution in [0.5, 0.6) is 0 Å². The van der Waals surface area contributed by atoms with E-state index >= 15 is 0 Å². The minimum atomic E-state index is 0. The monoisotopic (exact) mass is 516 g/mol. The molecule has 0 radical (unpaired) electrons. The van der Waals surface area contributed by atoms with Gasteiger partial charge in [-0.25, -0.2) is 0 Å². The van der Waals surface area contributed by atoms with E-state index in [4.69, 9.17) is 9.47 Å². The van der Waals surface area contributed by atoms with Crippen LogP contribution in [0.15, 0.2) is 35.3 Å². The van der Waals surface area contributed by atoms with Crippen LogP contribution in [0.1, 0.15) is 43.7 Å². The number of rotatable bonds is 9. The van der Waals surface area contributed by atoms with Gasteiger partial charge >= 0.3 is 0 Å². The van der Waals surface area contributed by atoms with Crippen molar-refractivity contribution in [1.29, 1.82) is 0 Å². The number of halogens is 1. The molecule has 2 saturated heterocycles. The normalized spacial score (nSPS) is 19.6. The summed E-state index contributed by atoms with van der Waals surface area (Å²) in [4.78, 5) is 6.97. The molecule has 1 aromatic rings. The van der Waals surface area contributed by atoms with Crippen LogP contribution >= 0.6 is 24.0 Å². The lowest BCUT2D eigenvalue weighted by Gasteiger charge is -2.29. The summed E-state index contributed by atoms with van der Waals surface area (Å²) in [6.45, 7) is 6.53. The van der Waals surface area contributed by atoms with Crippen molar-refractivity contribution in [3.8, 4) is 0 Å². The summed E-state index contributed by atoms with van der Waals surface area (Å²) in [6.07, 6.45) is 5.99. The van der Waals surface area contributed by atoms with Crippen molar-refractivity contribution in [2.75, 3.05) is 53.0 Å². The Morgan fingerprint density at radius 3 is 2.59 bits per heavy atom. The second-order valence-electron chi connectivity index (χ2n) is 7.59. The summed E-state index contributed by atoms with van der Waals surface area (Å²) in [5, 5.41) is 6.95. The molecule has 29 heavy (non-hydrogen) atoms. The summed E-state index contributed by atoms with van der Waals surface area (Å²) in [7, 11) is 1.83. The Balaban J connectivity index is 0.00000300. The number of nitrogens with one attached hydrogen (secondary N) is 2. The highest BCUT2D eigenvalue weighted by molar-refractivity contribution is 14.0. The van der Waals surface area contributed by atoms with E-state index in [1.54, 1.807) is 0 Å². The lowest BCUT2D eigenvalue weighted by molar-refractivity contribution is -0.0320. The standard InChI is InChI=1S/C22H36N4O2.HI/c1-23-22(24-12-7-15-28-20-10-16-27-17-11-20)25-18-21(26-13-5-6-14-26)19-8-3-2-4-9-19;/h2-4,8-9,20-21H,5-7,10-18H2,1H3,(H2,23,24,25);1H. The average molecular weight is 516 g/mol. The minimum Gasteiger partial charge on any atom is -0.381 e.